The summed E-state index contributed by atoms with van der Waals surface area (Å²) in [5.74, 6) is -1.08. The van der Waals surface area contributed by atoms with Gasteiger partial charge < -0.3 is 5.11 Å². The first kappa shape index (κ1) is 6.29. The Morgan fingerprint density at radius 2 is 2.60 bits per heavy atom. The quantitative estimate of drug-likeness (QED) is 0.586. The van der Waals surface area contributed by atoms with Gasteiger partial charge in [-0.05, 0) is 0 Å². The van der Waals surface area contributed by atoms with Gasteiger partial charge in [-0.25, -0.2) is 4.79 Å². The lowest BCUT2D eigenvalue weighted by Crippen LogP contribution is -1.92. The highest BCUT2D eigenvalue weighted by Gasteiger charge is 2.03. The molecular formula is C5H3N3O2. The van der Waals surface area contributed by atoms with Crippen molar-refractivity contribution in [2.24, 2.45) is 0 Å². The Bertz CT molecular complexity index is 296. The summed E-state index contributed by atoms with van der Waals surface area (Å²) in [5, 5.41) is 20.0. The van der Waals surface area contributed by atoms with Gasteiger partial charge in [0.15, 0.2) is 0 Å². The van der Waals surface area contributed by atoms with E-state index < -0.39 is 5.97 Å². The van der Waals surface area contributed by atoms with Gasteiger partial charge in [0.05, 0.1) is 18.0 Å². The zero-order chi connectivity index (χ0) is 7.56. The first-order valence-corrected chi connectivity index (χ1v) is 2.42. The van der Waals surface area contributed by atoms with Crippen LogP contribution in [0.25, 0.3) is 0 Å². The molecule has 0 saturated heterocycles. The van der Waals surface area contributed by atoms with Crippen LogP contribution in [0.15, 0.2) is 12.4 Å². The number of aromatic nitrogens is 2. The lowest BCUT2D eigenvalue weighted by molar-refractivity contribution is 0.0697. The minimum atomic E-state index is -1.08. The van der Waals surface area contributed by atoms with Crippen molar-refractivity contribution in [1.82, 2.24) is 9.78 Å². The van der Waals surface area contributed by atoms with Crippen molar-refractivity contribution in [3.05, 3.63) is 18.0 Å². The molecule has 0 aliphatic heterocycles. The summed E-state index contributed by atoms with van der Waals surface area (Å²) < 4.78 is 0.878. The maximum Gasteiger partial charge on any atom is 0.338 e. The number of carboxylic acid groups (broad SMARTS) is 1. The maximum absolute atomic E-state index is 10.2. The third-order valence-corrected chi connectivity index (χ3v) is 0.932. The van der Waals surface area contributed by atoms with Crippen molar-refractivity contribution in [1.29, 1.82) is 5.26 Å². The molecule has 1 aromatic rings. The third kappa shape index (κ3) is 0.951. The largest absolute Gasteiger partial charge is 0.478 e. The normalized spacial score (nSPS) is 8.70. The predicted octanol–water partition coefficient (Wildman–Crippen LogP) is -0.0895. The molecule has 1 rings (SSSR count). The number of hydrogen-bond acceptors (Lipinski definition) is 3. The standard InChI is InChI=1S/C5H3N3O2/c6-3-8-2-4(1-7-8)5(9)10/h1-2H,(H,9,10). The average Bonchev–Trinajstić information content (AvgIpc) is 2.34. The highest BCUT2D eigenvalue weighted by Crippen LogP contribution is 1.94. The molecule has 5 heteroatoms. The molecule has 0 aromatic carbocycles. The lowest BCUT2D eigenvalue weighted by atomic mass is 10.4. The van der Waals surface area contributed by atoms with Crippen LogP contribution in [0.2, 0.25) is 0 Å². The number of carbonyl (C=O) groups is 1. The van der Waals surface area contributed by atoms with E-state index in [2.05, 4.69) is 5.10 Å². The van der Waals surface area contributed by atoms with Crippen LogP contribution in [0.1, 0.15) is 10.4 Å². The van der Waals surface area contributed by atoms with Gasteiger partial charge >= 0.3 is 5.97 Å². The van der Waals surface area contributed by atoms with Crippen molar-refractivity contribution < 1.29 is 9.90 Å². The number of nitrogens with zero attached hydrogens (tertiary/aromatic N) is 3. The summed E-state index contributed by atoms with van der Waals surface area (Å²) >= 11 is 0. The Balaban J connectivity index is 3.02. The van der Waals surface area contributed by atoms with Gasteiger partial charge in [-0.1, -0.05) is 0 Å². The maximum atomic E-state index is 10.2. The fraction of sp³-hybridized carbons (Fsp3) is 0. The third-order valence-electron chi connectivity index (χ3n) is 0.932. The summed E-state index contributed by atoms with van der Waals surface area (Å²) in [6, 6.07) is 0. The number of carboxylic acids is 1. The van der Waals surface area contributed by atoms with Gasteiger partial charge in [0.25, 0.3) is 0 Å². The van der Waals surface area contributed by atoms with Crippen molar-refractivity contribution in [3.63, 3.8) is 0 Å². The SMILES string of the molecule is N#Cn1cc(C(=O)O)cn1. The minimum Gasteiger partial charge on any atom is -0.478 e. The topological polar surface area (TPSA) is 78.9 Å². The van der Waals surface area contributed by atoms with Gasteiger partial charge in [0, 0.05) is 0 Å². The Kier molecular flexibility index (Phi) is 1.38. The van der Waals surface area contributed by atoms with Crippen LogP contribution in [-0.4, -0.2) is 20.9 Å². The summed E-state index contributed by atoms with van der Waals surface area (Å²) in [6.07, 6.45) is 3.90. The van der Waals surface area contributed by atoms with Crippen LogP contribution in [0, 0.1) is 11.5 Å². The van der Waals surface area contributed by atoms with Gasteiger partial charge in [-0.3, -0.25) is 0 Å². The van der Waals surface area contributed by atoms with E-state index in [1.165, 1.54) is 0 Å². The van der Waals surface area contributed by atoms with Crippen LogP contribution in [0.3, 0.4) is 0 Å². The van der Waals surface area contributed by atoms with Crippen molar-refractivity contribution >= 4 is 5.97 Å². The molecule has 0 aliphatic rings. The summed E-state index contributed by atoms with van der Waals surface area (Å²) in [7, 11) is 0. The molecule has 0 unspecified atom stereocenters. The Labute approximate surface area is 56.1 Å². The minimum absolute atomic E-state index is 0.0153. The van der Waals surface area contributed by atoms with Gasteiger partial charge in [0.1, 0.15) is 0 Å². The zero-order valence-electron chi connectivity index (χ0n) is 4.85. The Morgan fingerprint density at radius 3 is 2.90 bits per heavy atom. The summed E-state index contributed by atoms with van der Waals surface area (Å²) in [4.78, 5) is 10.2. The summed E-state index contributed by atoms with van der Waals surface area (Å²) in [6.45, 7) is 0. The molecule has 0 radical (unpaired) electrons. The van der Waals surface area contributed by atoms with E-state index in [9.17, 15) is 4.79 Å². The highest BCUT2D eigenvalue weighted by atomic mass is 16.4. The molecule has 0 fully saturated rings. The van der Waals surface area contributed by atoms with E-state index in [0.717, 1.165) is 17.1 Å². The van der Waals surface area contributed by atoms with E-state index in [1.807, 2.05) is 0 Å². The highest BCUT2D eigenvalue weighted by molar-refractivity contribution is 5.86. The number of rotatable bonds is 1. The molecular weight excluding hydrogens is 134 g/mol. The fourth-order valence-corrected chi connectivity index (χ4v) is 0.488. The molecule has 0 atom stereocenters. The number of nitriles is 1. The fourth-order valence-electron chi connectivity index (χ4n) is 0.488. The second kappa shape index (κ2) is 2.19. The summed E-state index contributed by atoms with van der Waals surface area (Å²) in [5.41, 5.74) is 0.0153. The molecule has 1 N–H and O–H groups in total. The smallest absolute Gasteiger partial charge is 0.338 e. The second-order valence-electron chi connectivity index (χ2n) is 1.58. The molecule has 0 aliphatic carbocycles. The van der Waals surface area contributed by atoms with Crippen LogP contribution < -0.4 is 0 Å². The van der Waals surface area contributed by atoms with E-state index in [0.29, 0.717) is 0 Å². The second-order valence-corrected chi connectivity index (χ2v) is 1.58. The molecule has 50 valence electrons. The first-order chi connectivity index (χ1) is 4.74. The number of hydrogen-bond donors (Lipinski definition) is 1. The van der Waals surface area contributed by atoms with Gasteiger partial charge in [0.2, 0.25) is 6.19 Å². The van der Waals surface area contributed by atoms with Crippen molar-refractivity contribution in [2.45, 2.75) is 0 Å². The average molecular weight is 137 g/mol. The lowest BCUT2D eigenvalue weighted by Gasteiger charge is -1.79. The number of aromatic carboxylic acids is 1. The van der Waals surface area contributed by atoms with Crippen LogP contribution in [0.5, 0.6) is 0 Å². The van der Waals surface area contributed by atoms with E-state index in [4.69, 9.17) is 10.4 Å². The first-order valence-electron chi connectivity index (χ1n) is 2.42. The zero-order valence-corrected chi connectivity index (χ0v) is 4.85. The molecule has 10 heavy (non-hydrogen) atoms. The molecule has 0 saturated carbocycles. The molecule has 0 amide bonds. The van der Waals surface area contributed by atoms with Crippen molar-refractivity contribution in [2.75, 3.05) is 0 Å². The van der Waals surface area contributed by atoms with Gasteiger partial charge in [-0.15, -0.1) is 0 Å². The van der Waals surface area contributed by atoms with Crippen LogP contribution >= 0.6 is 0 Å². The van der Waals surface area contributed by atoms with E-state index >= 15 is 0 Å². The van der Waals surface area contributed by atoms with Gasteiger partial charge in [-0.2, -0.15) is 15.0 Å². The van der Waals surface area contributed by atoms with Crippen molar-refractivity contribution in [3.8, 4) is 6.19 Å². The Hall–Kier alpha value is -1.83. The predicted molar refractivity (Wildman–Crippen MR) is 30.2 cm³/mol. The molecule has 0 spiro atoms. The molecule has 1 heterocycles. The van der Waals surface area contributed by atoms with Crippen LogP contribution in [-0.2, 0) is 0 Å². The molecule has 5 nitrogen and oxygen atoms in total. The van der Waals surface area contributed by atoms with E-state index in [1.54, 1.807) is 6.19 Å². The molecule has 0 bridgehead atoms. The van der Waals surface area contributed by atoms with Crippen LogP contribution in [0.4, 0.5) is 0 Å². The molecule has 1 aromatic heterocycles. The Morgan fingerprint density at radius 1 is 1.90 bits per heavy atom. The monoisotopic (exact) mass is 137 g/mol. The van der Waals surface area contributed by atoms with E-state index in [-0.39, 0.29) is 5.56 Å².